The first-order chi connectivity index (χ1) is 11.1. The Morgan fingerprint density at radius 1 is 1.00 bits per heavy atom. The topological polar surface area (TPSA) is 96.0 Å². The van der Waals surface area contributed by atoms with Gasteiger partial charge in [0.25, 0.3) is 17.4 Å². The number of carbonyl (C=O) groups is 2. The summed E-state index contributed by atoms with van der Waals surface area (Å²) < 4.78 is 1.83. The molecule has 7 heteroatoms. The first-order valence-electron chi connectivity index (χ1n) is 6.90. The smallest absolute Gasteiger partial charge is 0.275 e. The molecular weight excluding hydrogens is 296 g/mol. The van der Waals surface area contributed by atoms with E-state index in [0.717, 1.165) is 10.9 Å². The molecule has 3 rings (SSSR count). The average Bonchev–Trinajstić information content (AvgIpc) is 2.90. The number of aryl methyl sites for hydroxylation is 1. The van der Waals surface area contributed by atoms with Crippen molar-refractivity contribution in [2.24, 2.45) is 7.05 Å². The van der Waals surface area contributed by atoms with E-state index in [1.807, 2.05) is 35.9 Å². The van der Waals surface area contributed by atoms with Crippen LogP contribution >= 0.6 is 0 Å². The van der Waals surface area contributed by atoms with Gasteiger partial charge in [0.05, 0.1) is 5.56 Å². The number of nitrogens with zero attached hydrogens (tertiary/aromatic N) is 1. The quantitative estimate of drug-likeness (QED) is 0.615. The molecule has 23 heavy (non-hydrogen) atoms. The molecule has 3 aromatic rings. The Morgan fingerprint density at radius 2 is 1.70 bits per heavy atom. The maximum absolute atomic E-state index is 12.3. The van der Waals surface area contributed by atoms with Crippen molar-refractivity contribution >= 4 is 22.7 Å². The van der Waals surface area contributed by atoms with Crippen LogP contribution in [-0.4, -0.2) is 21.4 Å². The summed E-state index contributed by atoms with van der Waals surface area (Å²) in [6, 6.07) is 10.3. The molecule has 0 saturated heterocycles. The lowest BCUT2D eigenvalue weighted by atomic mass is 10.2. The molecule has 0 unspecified atom stereocenters. The second-order valence-corrected chi connectivity index (χ2v) is 4.99. The van der Waals surface area contributed by atoms with Gasteiger partial charge < -0.3 is 9.55 Å². The van der Waals surface area contributed by atoms with Crippen LogP contribution in [0.3, 0.4) is 0 Å². The van der Waals surface area contributed by atoms with Gasteiger partial charge in [-0.1, -0.05) is 18.2 Å². The van der Waals surface area contributed by atoms with Crippen molar-refractivity contribution in [2.45, 2.75) is 0 Å². The van der Waals surface area contributed by atoms with E-state index in [2.05, 4.69) is 15.8 Å². The largest absolute Gasteiger partial charge is 0.350 e. The highest BCUT2D eigenvalue weighted by molar-refractivity contribution is 6.07. The van der Waals surface area contributed by atoms with Crippen LogP contribution in [0.25, 0.3) is 10.9 Å². The van der Waals surface area contributed by atoms with Crippen molar-refractivity contribution in [3.63, 3.8) is 0 Å². The minimum Gasteiger partial charge on any atom is -0.350 e. The number of nitrogens with one attached hydrogen (secondary N) is 3. The Morgan fingerprint density at radius 3 is 2.43 bits per heavy atom. The number of aromatic amines is 1. The van der Waals surface area contributed by atoms with Crippen molar-refractivity contribution in [3.05, 3.63) is 70.3 Å². The number of H-pyrrole nitrogens is 1. The minimum atomic E-state index is -0.680. The van der Waals surface area contributed by atoms with Crippen molar-refractivity contribution < 1.29 is 9.59 Å². The molecule has 2 heterocycles. The number of hydrazine groups is 1. The molecular formula is C16H14N4O3. The first-order valence-corrected chi connectivity index (χ1v) is 6.90. The van der Waals surface area contributed by atoms with Crippen molar-refractivity contribution in [1.29, 1.82) is 0 Å². The van der Waals surface area contributed by atoms with Crippen molar-refractivity contribution in [3.8, 4) is 0 Å². The van der Waals surface area contributed by atoms with E-state index >= 15 is 0 Å². The van der Waals surface area contributed by atoms with Crippen LogP contribution in [0.4, 0.5) is 0 Å². The molecule has 1 aromatic carbocycles. The number of rotatable bonds is 2. The fourth-order valence-electron chi connectivity index (χ4n) is 2.37. The number of carbonyl (C=O) groups excluding carboxylic acids is 2. The minimum absolute atomic E-state index is 0.0780. The third-order valence-electron chi connectivity index (χ3n) is 3.49. The van der Waals surface area contributed by atoms with Gasteiger partial charge in [-0.3, -0.25) is 25.2 Å². The van der Waals surface area contributed by atoms with Crippen LogP contribution in [0, 0.1) is 0 Å². The maximum Gasteiger partial charge on any atom is 0.275 e. The van der Waals surface area contributed by atoms with Crippen molar-refractivity contribution in [1.82, 2.24) is 20.4 Å². The monoisotopic (exact) mass is 310 g/mol. The molecule has 116 valence electrons. The molecule has 0 aliphatic rings. The highest BCUT2D eigenvalue weighted by Crippen LogP contribution is 2.19. The van der Waals surface area contributed by atoms with Gasteiger partial charge in [0.15, 0.2) is 0 Å². The Labute approximate surface area is 130 Å². The summed E-state index contributed by atoms with van der Waals surface area (Å²) in [7, 11) is 1.83. The first kappa shape index (κ1) is 14.6. The SMILES string of the molecule is Cn1cc(C(=O)NNC(=O)c2ccc[nH]c2=O)c2ccccc21. The fourth-order valence-corrected chi connectivity index (χ4v) is 2.37. The molecule has 0 radical (unpaired) electrons. The van der Waals surface area contributed by atoms with E-state index in [-0.39, 0.29) is 5.56 Å². The summed E-state index contributed by atoms with van der Waals surface area (Å²) in [4.78, 5) is 38.1. The predicted molar refractivity (Wildman–Crippen MR) is 84.9 cm³/mol. The fraction of sp³-hybridized carbons (Fsp3) is 0.0625. The van der Waals surface area contributed by atoms with Gasteiger partial charge >= 0.3 is 0 Å². The molecule has 0 aliphatic heterocycles. The van der Waals surface area contributed by atoms with Gasteiger partial charge in [-0.15, -0.1) is 0 Å². The van der Waals surface area contributed by atoms with Crippen LogP contribution in [0.5, 0.6) is 0 Å². The lowest BCUT2D eigenvalue weighted by molar-refractivity contribution is 0.0846. The van der Waals surface area contributed by atoms with Crippen LogP contribution < -0.4 is 16.4 Å². The van der Waals surface area contributed by atoms with Crippen LogP contribution in [0.2, 0.25) is 0 Å². The molecule has 0 fully saturated rings. The predicted octanol–water partition coefficient (Wildman–Crippen LogP) is 0.941. The zero-order valence-corrected chi connectivity index (χ0v) is 12.3. The van der Waals surface area contributed by atoms with E-state index in [4.69, 9.17) is 0 Å². The molecule has 0 atom stereocenters. The number of hydrogen-bond donors (Lipinski definition) is 3. The van der Waals surface area contributed by atoms with Gasteiger partial charge in [-0.05, 0) is 18.2 Å². The third-order valence-corrected chi connectivity index (χ3v) is 3.49. The number of pyridine rings is 1. The molecule has 3 N–H and O–H groups in total. The van der Waals surface area contributed by atoms with Crippen LogP contribution in [-0.2, 0) is 7.05 Å². The molecule has 0 spiro atoms. The molecule has 7 nitrogen and oxygen atoms in total. The number of benzene rings is 1. The number of hydrogen-bond acceptors (Lipinski definition) is 3. The van der Waals surface area contributed by atoms with E-state index in [1.165, 1.54) is 18.3 Å². The standard InChI is InChI=1S/C16H14N4O3/c1-20-9-12(10-5-2-3-7-13(10)20)16(23)19-18-15(22)11-6-4-8-17-14(11)21/h2-9H,1H3,(H,17,21)(H,18,22)(H,19,23). The number of para-hydroxylation sites is 1. The lowest BCUT2D eigenvalue weighted by Crippen LogP contribution is -2.43. The number of amides is 2. The van der Waals surface area contributed by atoms with Crippen molar-refractivity contribution in [2.75, 3.05) is 0 Å². The average molecular weight is 310 g/mol. The molecule has 2 amide bonds. The van der Waals surface area contributed by atoms with Crippen LogP contribution in [0.15, 0.2) is 53.6 Å². The van der Waals surface area contributed by atoms with E-state index in [9.17, 15) is 14.4 Å². The van der Waals surface area contributed by atoms with Gasteiger partial charge in [-0.25, -0.2) is 0 Å². The van der Waals surface area contributed by atoms with Gasteiger partial charge in [0.1, 0.15) is 5.56 Å². The summed E-state index contributed by atoms with van der Waals surface area (Å²) in [6.45, 7) is 0. The summed E-state index contributed by atoms with van der Waals surface area (Å²) in [6.07, 6.45) is 3.11. The van der Waals surface area contributed by atoms with Gasteiger partial charge in [0.2, 0.25) is 0 Å². The maximum atomic E-state index is 12.3. The Kier molecular flexibility index (Phi) is 3.68. The molecule has 0 aliphatic carbocycles. The second-order valence-electron chi connectivity index (χ2n) is 4.99. The molecule has 0 saturated carbocycles. The summed E-state index contributed by atoms with van der Waals surface area (Å²) in [5.41, 5.74) is 5.31. The normalized spacial score (nSPS) is 10.5. The van der Waals surface area contributed by atoms with E-state index < -0.39 is 17.4 Å². The zero-order chi connectivity index (χ0) is 16.4. The molecule has 2 aromatic heterocycles. The van der Waals surface area contributed by atoms with E-state index in [0.29, 0.717) is 5.56 Å². The Balaban J connectivity index is 1.78. The summed E-state index contributed by atoms with van der Waals surface area (Å²) >= 11 is 0. The van der Waals surface area contributed by atoms with Gasteiger partial charge in [-0.2, -0.15) is 0 Å². The number of fused-ring (bicyclic) bond motifs is 1. The zero-order valence-electron chi connectivity index (χ0n) is 12.3. The highest BCUT2D eigenvalue weighted by atomic mass is 16.2. The molecule has 0 bridgehead atoms. The third kappa shape index (κ3) is 2.71. The summed E-state index contributed by atoms with van der Waals surface area (Å²) in [5.74, 6) is -1.14. The Bertz CT molecular complexity index is 955. The van der Waals surface area contributed by atoms with Gasteiger partial charge in [0, 0.05) is 30.3 Å². The summed E-state index contributed by atoms with van der Waals surface area (Å²) in [5, 5.41) is 0.777. The highest BCUT2D eigenvalue weighted by Gasteiger charge is 2.15. The lowest BCUT2D eigenvalue weighted by Gasteiger charge is -2.06. The Hall–Kier alpha value is -3.35. The second kappa shape index (κ2) is 5.80. The van der Waals surface area contributed by atoms with Crippen LogP contribution in [0.1, 0.15) is 20.7 Å². The number of aromatic nitrogens is 2. The van der Waals surface area contributed by atoms with E-state index in [1.54, 1.807) is 6.20 Å².